The SMILES string of the molecule is CN1CCN(C(=O)c2cccc(-c3cc(-c4ccc5c(c4)CCNC5=O)c(N)nc3F)c2)CC1. The molecular weight excluding hydrogens is 433 g/mol. The van der Waals surface area contributed by atoms with E-state index in [1.54, 1.807) is 42.5 Å². The Morgan fingerprint density at radius 2 is 1.76 bits per heavy atom. The molecule has 5 rings (SSSR count). The summed E-state index contributed by atoms with van der Waals surface area (Å²) in [5.41, 5.74) is 10.4. The largest absolute Gasteiger partial charge is 0.383 e. The minimum Gasteiger partial charge on any atom is -0.383 e. The number of halogens is 1. The van der Waals surface area contributed by atoms with E-state index in [1.165, 1.54) is 0 Å². The average molecular weight is 460 g/mol. The van der Waals surface area contributed by atoms with Crippen LogP contribution in [0.25, 0.3) is 22.3 Å². The zero-order chi connectivity index (χ0) is 23.8. The molecule has 2 amide bonds. The molecule has 2 aliphatic rings. The van der Waals surface area contributed by atoms with Crippen molar-refractivity contribution in [2.75, 3.05) is 45.5 Å². The molecule has 3 heterocycles. The highest BCUT2D eigenvalue weighted by molar-refractivity contribution is 5.98. The van der Waals surface area contributed by atoms with Crippen LogP contribution in [0.5, 0.6) is 0 Å². The molecule has 0 spiro atoms. The number of aromatic nitrogens is 1. The van der Waals surface area contributed by atoms with E-state index in [1.807, 2.05) is 18.0 Å². The number of amides is 2. The van der Waals surface area contributed by atoms with Gasteiger partial charge in [-0.15, -0.1) is 0 Å². The van der Waals surface area contributed by atoms with E-state index in [-0.39, 0.29) is 23.2 Å². The number of nitrogen functional groups attached to an aromatic ring is 1. The molecule has 2 aromatic carbocycles. The molecule has 0 atom stereocenters. The molecule has 2 aliphatic heterocycles. The van der Waals surface area contributed by atoms with Crippen LogP contribution in [0.4, 0.5) is 10.2 Å². The van der Waals surface area contributed by atoms with E-state index in [9.17, 15) is 14.0 Å². The maximum absolute atomic E-state index is 14.9. The van der Waals surface area contributed by atoms with Crippen LogP contribution in [-0.4, -0.2) is 66.4 Å². The van der Waals surface area contributed by atoms with Gasteiger partial charge >= 0.3 is 0 Å². The number of nitrogens with two attached hydrogens (primary N) is 1. The van der Waals surface area contributed by atoms with Gasteiger partial charge in [-0.3, -0.25) is 9.59 Å². The summed E-state index contributed by atoms with van der Waals surface area (Å²) in [5, 5.41) is 2.83. The Morgan fingerprint density at radius 1 is 1.00 bits per heavy atom. The van der Waals surface area contributed by atoms with E-state index in [0.29, 0.717) is 48.3 Å². The number of likely N-dealkylation sites (N-methyl/N-ethyl adjacent to an activating group) is 1. The van der Waals surface area contributed by atoms with E-state index >= 15 is 0 Å². The van der Waals surface area contributed by atoms with Crippen molar-refractivity contribution in [2.45, 2.75) is 6.42 Å². The molecule has 3 aromatic rings. The number of carbonyl (C=O) groups excluding carboxylic acids is 2. The fourth-order valence-electron chi connectivity index (χ4n) is 4.55. The molecule has 0 aliphatic carbocycles. The number of nitrogens with zero attached hydrogens (tertiary/aromatic N) is 3. The molecule has 0 saturated carbocycles. The lowest BCUT2D eigenvalue weighted by molar-refractivity contribution is 0.0664. The van der Waals surface area contributed by atoms with Gasteiger partial charge < -0.3 is 20.9 Å². The van der Waals surface area contributed by atoms with Crippen LogP contribution in [0.1, 0.15) is 26.3 Å². The van der Waals surface area contributed by atoms with Crippen LogP contribution in [0.3, 0.4) is 0 Å². The zero-order valence-electron chi connectivity index (χ0n) is 19.0. The molecular formula is C26H26FN5O2. The van der Waals surface area contributed by atoms with Gasteiger partial charge in [0.2, 0.25) is 5.95 Å². The lowest BCUT2D eigenvalue weighted by Gasteiger charge is -2.32. The third kappa shape index (κ3) is 4.12. The second-order valence-corrected chi connectivity index (χ2v) is 8.81. The fraction of sp³-hybridized carbons (Fsp3) is 0.269. The Labute approximate surface area is 197 Å². The van der Waals surface area contributed by atoms with Crippen LogP contribution < -0.4 is 11.1 Å². The molecule has 3 N–H and O–H groups in total. The number of hydrogen-bond donors (Lipinski definition) is 2. The molecule has 1 saturated heterocycles. The first kappa shape index (κ1) is 22.0. The fourth-order valence-corrected chi connectivity index (χ4v) is 4.55. The molecule has 0 unspecified atom stereocenters. The van der Waals surface area contributed by atoms with Crippen LogP contribution >= 0.6 is 0 Å². The number of fused-ring (bicyclic) bond motifs is 1. The van der Waals surface area contributed by atoms with Gasteiger partial charge in [0.15, 0.2) is 0 Å². The summed E-state index contributed by atoms with van der Waals surface area (Å²) >= 11 is 0. The highest BCUT2D eigenvalue weighted by Crippen LogP contribution is 2.33. The molecule has 174 valence electrons. The molecule has 1 fully saturated rings. The summed E-state index contributed by atoms with van der Waals surface area (Å²) in [6.45, 7) is 3.56. The number of hydrogen-bond acceptors (Lipinski definition) is 5. The smallest absolute Gasteiger partial charge is 0.253 e. The van der Waals surface area contributed by atoms with Gasteiger partial charge in [0.1, 0.15) is 5.82 Å². The number of anilines is 1. The Morgan fingerprint density at radius 3 is 2.56 bits per heavy atom. The number of benzene rings is 2. The van der Waals surface area contributed by atoms with Crippen molar-refractivity contribution in [3.05, 3.63) is 71.2 Å². The van der Waals surface area contributed by atoms with Crippen molar-refractivity contribution in [2.24, 2.45) is 0 Å². The molecule has 0 bridgehead atoms. The predicted octanol–water partition coefficient (Wildman–Crippen LogP) is 2.81. The van der Waals surface area contributed by atoms with Crippen molar-refractivity contribution in [3.8, 4) is 22.3 Å². The summed E-state index contributed by atoms with van der Waals surface area (Å²) in [6, 6.07) is 14.1. The van der Waals surface area contributed by atoms with E-state index in [0.717, 1.165) is 24.2 Å². The minimum absolute atomic E-state index is 0.0630. The average Bonchev–Trinajstić information content (AvgIpc) is 2.84. The summed E-state index contributed by atoms with van der Waals surface area (Å²) < 4.78 is 14.9. The van der Waals surface area contributed by atoms with Gasteiger partial charge in [-0.2, -0.15) is 4.39 Å². The Kier molecular flexibility index (Phi) is 5.75. The number of pyridine rings is 1. The first-order valence-corrected chi connectivity index (χ1v) is 11.4. The van der Waals surface area contributed by atoms with Gasteiger partial charge in [0.25, 0.3) is 11.8 Å². The number of piperazine rings is 1. The van der Waals surface area contributed by atoms with Gasteiger partial charge in [-0.1, -0.05) is 24.3 Å². The quantitative estimate of drug-likeness (QED) is 0.588. The second kappa shape index (κ2) is 8.87. The van der Waals surface area contributed by atoms with E-state index in [2.05, 4.69) is 15.2 Å². The van der Waals surface area contributed by atoms with E-state index in [4.69, 9.17) is 5.73 Å². The molecule has 0 radical (unpaired) electrons. The van der Waals surface area contributed by atoms with Crippen molar-refractivity contribution in [3.63, 3.8) is 0 Å². The van der Waals surface area contributed by atoms with Crippen LogP contribution in [0.15, 0.2) is 48.5 Å². The third-order valence-electron chi connectivity index (χ3n) is 6.56. The number of rotatable bonds is 3. The van der Waals surface area contributed by atoms with Crippen molar-refractivity contribution >= 4 is 17.6 Å². The summed E-state index contributed by atoms with van der Waals surface area (Å²) in [4.78, 5) is 33.1. The first-order valence-electron chi connectivity index (χ1n) is 11.4. The third-order valence-corrected chi connectivity index (χ3v) is 6.56. The maximum Gasteiger partial charge on any atom is 0.253 e. The lowest BCUT2D eigenvalue weighted by atomic mass is 9.93. The molecule has 8 heteroatoms. The topological polar surface area (TPSA) is 91.6 Å². The first-order chi connectivity index (χ1) is 16.4. The summed E-state index contributed by atoms with van der Waals surface area (Å²) in [6.07, 6.45) is 0.715. The normalized spacial score (nSPS) is 16.2. The van der Waals surface area contributed by atoms with Crippen molar-refractivity contribution in [1.82, 2.24) is 20.1 Å². The summed E-state index contributed by atoms with van der Waals surface area (Å²) in [5.74, 6) is -0.776. The molecule has 1 aromatic heterocycles. The number of nitrogens with one attached hydrogen (secondary N) is 1. The maximum atomic E-state index is 14.9. The predicted molar refractivity (Wildman–Crippen MR) is 129 cm³/mol. The van der Waals surface area contributed by atoms with Crippen LogP contribution in [0, 0.1) is 5.95 Å². The van der Waals surface area contributed by atoms with Gasteiger partial charge in [-0.25, -0.2) is 4.98 Å². The molecule has 7 nitrogen and oxygen atoms in total. The highest BCUT2D eigenvalue weighted by atomic mass is 19.1. The van der Waals surface area contributed by atoms with E-state index < -0.39 is 5.95 Å². The Bertz CT molecular complexity index is 1280. The minimum atomic E-state index is -0.692. The summed E-state index contributed by atoms with van der Waals surface area (Å²) in [7, 11) is 2.04. The molecule has 34 heavy (non-hydrogen) atoms. The van der Waals surface area contributed by atoms with Crippen LogP contribution in [-0.2, 0) is 6.42 Å². The number of carbonyl (C=O) groups is 2. The van der Waals surface area contributed by atoms with Gasteiger partial charge in [0.05, 0.1) is 0 Å². The standard InChI is InChI=1S/C26H26FN5O2/c1-31-9-11-32(12-10-31)26(34)19-4-2-3-16(14-19)21-15-22(24(28)30-23(21)27)17-5-6-20-18(13-17)7-8-29-25(20)33/h2-6,13-15H,7-12H2,1H3,(H2,28,30)(H,29,33). The Hall–Kier alpha value is -3.78. The van der Waals surface area contributed by atoms with Crippen molar-refractivity contribution < 1.29 is 14.0 Å². The van der Waals surface area contributed by atoms with Crippen LogP contribution in [0.2, 0.25) is 0 Å². The zero-order valence-corrected chi connectivity index (χ0v) is 19.0. The second-order valence-electron chi connectivity index (χ2n) is 8.81. The van der Waals surface area contributed by atoms with Crippen molar-refractivity contribution in [1.29, 1.82) is 0 Å². The lowest BCUT2D eigenvalue weighted by Crippen LogP contribution is -2.47. The Balaban J connectivity index is 1.50. The highest BCUT2D eigenvalue weighted by Gasteiger charge is 2.22. The van der Waals surface area contributed by atoms with Gasteiger partial charge in [0, 0.05) is 55.0 Å². The monoisotopic (exact) mass is 459 g/mol. The van der Waals surface area contributed by atoms with Gasteiger partial charge in [-0.05, 0) is 54.4 Å².